The summed E-state index contributed by atoms with van der Waals surface area (Å²) in [6.07, 6.45) is 5.20. The highest BCUT2D eigenvalue weighted by Crippen LogP contribution is 2.35. The Hall–Kier alpha value is -3.52. The Morgan fingerprint density at radius 3 is 2.55 bits per heavy atom. The van der Waals surface area contributed by atoms with Crippen LogP contribution in [0, 0.1) is 0 Å². The van der Waals surface area contributed by atoms with Crippen LogP contribution in [0.4, 0.5) is 0 Å². The zero-order chi connectivity index (χ0) is 23.5. The van der Waals surface area contributed by atoms with Crippen LogP contribution in [-0.2, 0) is 4.79 Å². The van der Waals surface area contributed by atoms with Crippen molar-refractivity contribution in [2.75, 3.05) is 20.2 Å². The summed E-state index contributed by atoms with van der Waals surface area (Å²) in [5.41, 5.74) is 2.54. The number of rotatable bonds is 6. The second kappa shape index (κ2) is 9.54. The molecule has 33 heavy (non-hydrogen) atoms. The number of carbonyl (C=O) groups excluding carboxylic acids is 1. The number of methoxy groups -OCH3 is 1. The van der Waals surface area contributed by atoms with Gasteiger partial charge >= 0.3 is 0 Å². The molecule has 1 aliphatic rings. The van der Waals surface area contributed by atoms with Crippen molar-refractivity contribution >= 4 is 23.3 Å². The van der Waals surface area contributed by atoms with E-state index < -0.39 is 6.04 Å². The summed E-state index contributed by atoms with van der Waals surface area (Å²) in [5, 5.41) is 0. The van der Waals surface area contributed by atoms with Crippen LogP contribution in [0.5, 0.6) is 5.75 Å². The van der Waals surface area contributed by atoms with Crippen molar-refractivity contribution in [2.24, 2.45) is 4.99 Å². The molecule has 0 saturated heterocycles. The Balaban J connectivity index is 2.00. The van der Waals surface area contributed by atoms with Gasteiger partial charge in [0, 0.05) is 31.0 Å². The van der Waals surface area contributed by atoms with Gasteiger partial charge in [-0.3, -0.25) is 19.1 Å². The quantitative estimate of drug-likeness (QED) is 0.564. The molecule has 1 atom stereocenters. The van der Waals surface area contributed by atoms with E-state index in [2.05, 4.69) is 4.98 Å². The summed E-state index contributed by atoms with van der Waals surface area (Å²) in [5.74, 6) is 0.492. The zero-order valence-electron chi connectivity index (χ0n) is 19.1. The average molecular weight is 463 g/mol. The van der Waals surface area contributed by atoms with Crippen molar-refractivity contribution < 1.29 is 9.53 Å². The molecule has 3 aromatic rings. The lowest BCUT2D eigenvalue weighted by Crippen LogP contribution is -2.43. The number of fused-ring (bicyclic) bond motifs is 1. The molecule has 0 fully saturated rings. The molecule has 3 heterocycles. The average Bonchev–Trinajstić information content (AvgIpc) is 3.13. The Kier molecular flexibility index (Phi) is 6.55. The van der Waals surface area contributed by atoms with Crippen LogP contribution in [0.25, 0.3) is 6.08 Å². The van der Waals surface area contributed by atoms with Crippen molar-refractivity contribution in [1.29, 1.82) is 0 Å². The topological polar surface area (TPSA) is 76.8 Å². The maximum absolute atomic E-state index is 13.7. The van der Waals surface area contributed by atoms with E-state index in [4.69, 9.17) is 9.73 Å². The van der Waals surface area contributed by atoms with E-state index in [-0.39, 0.29) is 11.5 Å². The van der Waals surface area contributed by atoms with Gasteiger partial charge in [-0.25, -0.2) is 4.99 Å². The summed E-state index contributed by atoms with van der Waals surface area (Å²) in [6, 6.07) is 10.6. The minimum absolute atomic E-state index is 0.124. The van der Waals surface area contributed by atoms with Crippen LogP contribution in [0.1, 0.15) is 37.9 Å². The lowest BCUT2D eigenvalue weighted by molar-refractivity contribution is -0.127. The number of para-hydroxylation sites is 1. The third-order valence-corrected chi connectivity index (χ3v) is 6.72. The van der Waals surface area contributed by atoms with Gasteiger partial charge in [0.15, 0.2) is 4.80 Å². The summed E-state index contributed by atoms with van der Waals surface area (Å²) < 4.78 is 7.80. The Morgan fingerprint density at radius 1 is 1.18 bits per heavy atom. The fourth-order valence-corrected chi connectivity index (χ4v) is 5.12. The van der Waals surface area contributed by atoms with Gasteiger partial charge in [0.1, 0.15) is 11.8 Å². The molecule has 0 saturated carbocycles. The first-order valence-corrected chi connectivity index (χ1v) is 11.7. The van der Waals surface area contributed by atoms with Gasteiger partial charge in [0.05, 0.1) is 22.9 Å². The SMILES string of the molecule is CCN(CC)C(=O)C1=C(C)N=c2s/c(=C/c3ccncc3)c(=O)n2[C@H]1c1ccccc1OC. The predicted octanol–water partition coefficient (Wildman–Crippen LogP) is 2.51. The molecule has 0 unspecified atom stereocenters. The number of benzene rings is 1. The van der Waals surface area contributed by atoms with Gasteiger partial charge in [0.2, 0.25) is 0 Å². The van der Waals surface area contributed by atoms with Gasteiger partial charge in [-0.2, -0.15) is 0 Å². The number of aromatic nitrogens is 2. The maximum Gasteiger partial charge on any atom is 0.271 e. The molecule has 170 valence electrons. The van der Waals surface area contributed by atoms with Gasteiger partial charge in [-0.05, 0) is 50.6 Å². The van der Waals surface area contributed by atoms with Gasteiger partial charge in [-0.1, -0.05) is 29.5 Å². The van der Waals surface area contributed by atoms with Crippen LogP contribution in [0.15, 0.2) is 69.8 Å². The third kappa shape index (κ3) is 4.14. The number of carbonyl (C=O) groups is 1. The second-order valence-electron chi connectivity index (χ2n) is 7.58. The van der Waals surface area contributed by atoms with Crippen molar-refractivity contribution in [3.05, 3.63) is 90.9 Å². The van der Waals surface area contributed by atoms with Crippen LogP contribution in [0.3, 0.4) is 0 Å². The van der Waals surface area contributed by atoms with E-state index in [9.17, 15) is 9.59 Å². The van der Waals surface area contributed by atoms with Crippen LogP contribution in [-0.4, -0.2) is 40.6 Å². The number of thiazole rings is 1. The second-order valence-corrected chi connectivity index (χ2v) is 8.59. The van der Waals surface area contributed by atoms with Crippen LogP contribution < -0.4 is 19.6 Å². The Morgan fingerprint density at radius 2 is 1.88 bits per heavy atom. The molecule has 0 aliphatic carbocycles. The van der Waals surface area contributed by atoms with E-state index in [0.29, 0.717) is 39.4 Å². The highest BCUT2D eigenvalue weighted by Gasteiger charge is 2.35. The number of likely N-dealkylation sites (N-methyl/N-ethyl adjacent to an activating group) is 1. The first kappa shape index (κ1) is 22.7. The molecule has 1 aromatic carbocycles. The summed E-state index contributed by atoms with van der Waals surface area (Å²) in [7, 11) is 1.59. The van der Waals surface area contributed by atoms with Crippen molar-refractivity contribution in [1.82, 2.24) is 14.5 Å². The molecule has 0 radical (unpaired) electrons. The smallest absolute Gasteiger partial charge is 0.271 e. The van der Waals surface area contributed by atoms with Crippen LogP contribution in [0.2, 0.25) is 0 Å². The van der Waals surface area contributed by atoms with E-state index in [1.54, 1.807) is 29.0 Å². The molecular weight excluding hydrogens is 436 g/mol. The van der Waals surface area contributed by atoms with Crippen molar-refractivity contribution in [2.45, 2.75) is 26.8 Å². The normalized spacial score (nSPS) is 15.8. The molecule has 2 aromatic heterocycles. The number of hydrogen-bond donors (Lipinski definition) is 0. The molecule has 0 bridgehead atoms. The lowest BCUT2D eigenvalue weighted by atomic mass is 9.94. The highest BCUT2D eigenvalue weighted by atomic mass is 32.1. The first-order chi connectivity index (χ1) is 16.0. The van der Waals surface area contributed by atoms with Gasteiger partial charge in [-0.15, -0.1) is 0 Å². The van der Waals surface area contributed by atoms with E-state index in [1.807, 2.05) is 63.2 Å². The fourth-order valence-electron chi connectivity index (χ4n) is 4.07. The minimum Gasteiger partial charge on any atom is -0.496 e. The Labute approximate surface area is 196 Å². The first-order valence-electron chi connectivity index (χ1n) is 10.8. The largest absolute Gasteiger partial charge is 0.496 e. The van der Waals surface area contributed by atoms with E-state index >= 15 is 0 Å². The number of ether oxygens (including phenoxy) is 1. The molecule has 4 rings (SSSR count). The molecule has 1 aliphatic heterocycles. The van der Waals surface area contributed by atoms with Crippen molar-refractivity contribution in [3.8, 4) is 5.75 Å². The van der Waals surface area contributed by atoms with Crippen molar-refractivity contribution in [3.63, 3.8) is 0 Å². The highest BCUT2D eigenvalue weighted by molar-refractivity contribution is 7.07. The monoisotopic (exact) mass is 462 g/mol. The molecule has 0 N–H and O–H groups in total. The lowest BCUT2D eigenvalue weighted by Gasteiger charge is -2.29. The predicted molar refractivity (Wildman–Crippen MR) is 129 cm³/mol. The third-order valence-electron chi connectivity index (χ3n) is 5.74. The molecular formula is C25H26N4O3S. The number of allylic oxidation sites excluding steroid dienone is 1. The molecule has 0 spiro atoms. The summed E-state index contributed by atoms with van der Waals surface area (Å²) >= 11 is 1.31. The number of amides is 1. The summed E-state index contributed by atoms with van der Waals surface area (Å²) in [4.78, 5) is 38.3. The summed E-state index contributed by atoms with van der Waals surface area (Å²) in [6.45, 7) is 6.85. The van der Waals surface area contributed by atoms with E-state index in [0.717, 1.165) is 11.1 Å². The van der Waals surface area contributed by atoms with E-state index in [1.165, 1.54) is 11.3 Å². The number of pyridine rings is 1. The minimum atomic E-state index is -0.634. The zero-order valence-corrected chi connectivity index (χ0v) is 19.9. The Bertz CT molecular complexity index is 1380. The number of hydrogen-bond acceptors (Lipinski definition) is 6. The van der Waals surface area contributed by atoms with Gasteiger partial charge < -0.3 is 9.64 Å². The van der Waals surface area contributed by atoms with Gasteiger partial charge in [0.25, 0.3) is 11.5 Å². The van der Waals surface area contributed by atoms with Crippen LogP contribution >= 0.6 is 11.3 Å². The standard InChI is InChI=1S/C25H26N4O3S/c1-5-28(6-2)24(31)21-16(3)27-25-29(22(21)18-9-7-8-10-19(18)32-4)23(30)20(33-25)15-17-11-13-26-14-12-17/h7-15,22H,5-6H2,1-4H3/b20-15+/t22-/m0/s1. The maximum atomic E-state index is 13.7. The molecule has 7 nitrogen and oxygen atoms in total. The number of nitrogens with zero attached hydrogens (tertiary/aromatic N) is 4. The fraction of sp³-hybridized carbons (Fsp3) is 0.280. The molecule has 8 heteroatoms. The molecule has 1 amide bonds.